The fraction of sp³-hybridized carbons (Fsp3) is 0.364. The van der Waals surface area contributed by atoms with Crippen molar-refractivity contribution in [3.63, 3.8) is 0 Å². The van der Waals surface area contributed by atoms with Crippen LogP contribution in [0.4, 0.5) is 17.6 Å². The van der Waals surface area contributed by atoms with Gasteiger partial charge in [0.1, 0.15) is 5.69 Å². The Bertz CT molecular complexity index is 517. The SMILES string of the molecule is CCNC(=O)CNC(=O)c1ccc(C(F)(F)F)nc1F. The molecule has 0 aliphatic rings. The number of hydrogen-bond donors (Lipinski definition) is 2. The molecule has 0 aliphatic heterocycles. The van der Waals surface area contributed by atoms with Crippen LogP contribution in [0.25, 0.3) is 0 Å². The predicted octanol–water partition coefficient (Wildman–Crippen LogP) is 1.11. The first kappa shape index (κ1) is 15.9. The molecule has 0 bridgehead atoms. The van der Waals surface area contributed by atoms with E-state index in [4.69, 9.17) is 0 Å². The number of carbonyl (C=O) groups is 2. The number of alkyl halides is 3. The van der Waals surface area contributed by atoms with Crippen molar-refractivity contribution in [1.82, 2.24) is 15.6 Å². The summed E-state index contributed by atoms with van der Waals surface area (Å²) in [4.78, 5) is 25.2. The fourth-order valence-corrected chi connectivity index (χ4v) is 1.28. The van der Waals surface area contributed by atoms with Crippen LogP contribution >= 0.6 is 0 Å². The van der Waals surface area contributed by atoms with Gasteiger partial charge < -0.3 is 10.6 Å². The molecule has 20 heavy (non-hydrogen) atoms. The lowest BCUT2D eigenvalue weighted by molar-refractivity contribution is -0.141. The second-order valence-corrected chi connectivity index (χ2v) is 3.67. The number of carbonyl (C=O) groups excluding carboxylic acids is 2. The minimum atomic E-state index is -4.79. The van der Waals surface area contributed by atoms with Crippen LogP contribution in [0.5, 0.6) is 0 Å². The van der Waals surface area contributed by atoms with Crippen LogP contribution in [-0.4, -0.2) is 29.9 Å². The van der Waals surface area contributed by atoms with Crippen molar-refractivity contribution in [3.8, 4) is 0 Å². The maximum Gasteiger partial charge on any atom is 0.433 e. The van der Waals surface area contributed by atoms with Crippen molar-refractivity contribution in [2.24, 2.45) is 0 Å². The van der Waals surface area contributed by atoms with E-state index in [-0.39, 0.29) is 0 Å². The molecule has 1 aromatic rings. The molecule has 0 fully saturated rings. The largest absolute Gasteiger partial charge is 0.433 e. The minimum Gasteiger partial charge on any atom is -0.355 e. The van der Waals surface area contributed by atoms with E-state index in [0.717, 1.165) is 0 Å². The van der Waals surface area contributed by atoms with Crippen molar-refractivity contribution in [1.29, 1.82) is 0 Å². The molecule has 0 unspecified atom stereocenters. The summed E-state index contributed by atoms with van der Waals surface area (Å²) >= 11 is 0. The summed E-state index contributed by atoms with van der Waals surface area (Å²) in [5.74, 6) is -3.07. The maximum absolute atomic E-state index is 13.3. The van der Waals surface area contributed by atoms with Crippen molar-refractivity contribution < 1.29 is 27.2 Å². The summed E-state index contributed by atoms with van der Waals surface area (Å²) < 4.78 is 50.1. The van der Waals surface area contributed by atoms with Gasteiger partial charge in [0, 0.05) is 6.54 Å². The van der Waals surface area contributed by atoms with Gasteiger partial charge in [-0.3, -0.25) is 9.59 Å². The summed E-state index contributed by atoms with van der Waals surface area (Å²) in [5.41, 5.74) is -2.10. The number of rotatable bonds is 4. The lowest BCUT2D eigenvalue weighted by atomic mass is 10.2. The lowest BCUT2D eigenvalue weighted by Crippen LogP contribution is -2.37. The standard InChI is InChI=1S/C11H11F4N3O2/c1-2-16-8(19)5-17-10(20)6-3-4-7(11(13,14)15)18-9(6)12/h3-4H,2,5H2,1H3,(H,16,19)(H,17,20). The smallest absolute Gasteiger partial charge is 0.355 e. The Kier molecular flexibility index (Phi) is 5.00. The molecule has 110 valence electrons. The zero-order chi connectivity index (χ0) is 15.3. The Hall–Kier alpha value is -2.19. The maximum atomic E-state index is 13.3. The number of amides is 2. The van der Waals surface area contributed by atoms with E-state index in [9.17, 15) is 27.2 Å². The van der Waals surface area contributed by atoms with Crippen molar-refractivity contribution in [2.75, 3.05) is 13.1 Å². The summed E-state index contributed by atoms with van der Waals surface area (Å²) in [5, 5.41) is 4.45. The third kappa shape index (κ3) is 4.18. The van der Waals surface area contributed by atoms with Crippen LogP contribution in [-0.2, 0) is 11.0 Å². The van der Waals surface area contributed by atoms with E-state index in [1.165, 1.54) is 0 Å². The van der Waals surface area contributed by atoms with Crippen LogP contribution < -0.4 is 10.6 Å². The molecule has 0 atom stereocenters. The fourth-order valence-electron chi connectivity index (χ4n) is 1.28. The molecule has 0 saturated heterocycles. The van der Waals surface area contributed by atoms with Crippen LogP contribution in [0.1, 0.15) is 23.0 Å². The molecule has 1 rings (SSSR count). The number of nitrogens with zero attached hydrogens (tertiary/aromatic N) is 1. The molecule has 0 radical (unpaired) electrons. The molecular formula is C11H11F4N3O2. The van der Waals surface area contributed by atoms with Gasteiger partial charge in [0.25, 0.3) is 5.91 Å². The van der Waals surface area contributed by atoms with Crippen LogP contribution in [0, 0.1) is 5.95 Å². The zero-order valence-corrected chi connectivity index (χ0v) is 10.3. The van der Waals surface area contributed by atoms with Crippen LogP contribution in [0.3, 0.4) is 0 Å². The van der Waals surface area contributed by atoms with E-state index in [1.807, 2.05) is 0 Å². The number of aromatic nitrogens is 1. The Labute approximate surface area is 111 Å². The number of halogens is 4. The molecule has 0 spiro atoms. The molecule has 2 N–H and O–H groups in total. The average Bonchev–Trinajstić information content (AvgIpc) is 2.35. The third-order valence-corrected chi connectivity index (χ3v) is 2.17. The quantitative estimate of drug-likeness (QED) is 0.645. The van der Waals surface area contributed by atoms with Crippen LogP contribution in [0.2, 0.25) is 0 Å². The van der Waals surface area contributed by atoms with Gasteiger partial charge in [-0.05, 0) is 19.1 Å². The highest BCUT2D eigenvalue weighted by Crippen LogP contribution is 2.27. The number of hydrogen-bond acceptors (Lipinski definition) is 3. The first-order valence-electron chi connectivity index (χ1n) is 5.54. The second-order valence-electron chi connectivity index (χ2n) is 3.67. The molecule has 2 amide bonds. The van der Waals surface area contributed by atoms with E-state index < -0.39 is 41.7 Å². The molecule has 5 nitrogen and oxygen atoms in total. The molecule has 9 heteroatoms. The van der Waals surface area contributed by atoms with Crippen molar-refractivity contribution in [3.05, 3.63) is 29.3 Å². The second kappa shape index (κ2) is 6.31. The van der Waals surface area contributed by atoms with E-state index in [2.05, 4.69) is 15.6 Å². The normalized spacial score (nSPS) is 11.1. The molecule has 0 saturated carbocycles. The highest BCUT2D eigenvalue weighted by molar-refractivity contribution is 5.96. The Morgan fingerprint density at radius 3 is 2.40 bits per heavy atom. The zero-order valence-electron chi connectivity index (χ0n) is 10.3. The molecule has 1 heterocycles. The third-order valence-electron chi connectivity index (χ3n) is 2.17. The first-order chi connectivity index (χ1) is 9.25. The molecular weight excluding hydrogens is 282 g/mol. The monoisotopic (exact) mass is 293 g/mol. The average molecular weight is 293 g/mol. The number of likely N-dealkylation sites (N-methyl/N-ethyl adjacent to an activating group) is 1. The van der Waals surface area contributed by atoms with Gasteiger partial charge in [0.15, 0.2) is 0 Å². The summed E-state index contributed by atoms with van der Waals surface area (Å²) in [7, 11) is 0. The molecule has 1 aromatic heterocycles. The van der Waals surface area contributed by atoms with Gasteiger partial charge in [0.2, 0.25) is 11.9 Å². The van der Waals surface area contributed by atoms with E-state index in [1.54, 1.807) is 6.92 Å². The lowest BCUT2D eigenvalue weighted by Gasteiger charge is -2.08. The molecule has 0 aromatic carbocycles. The van der Waals surface area contributed by atoms with Gasteiger partial charge >= 0.3 is 6.18 Å². The summed E-state index contributed by atoms with van der Waals surface area (Å²) in [6, 6.07) is 1.16. The predicted molar refractivity (Wildman–Crippen MR) is 60.2 cm³/mol. The topological polar surface area (TPSA) is 71.1 Å². The van der Waals surface area contributed by atoms with Crippen molar-refractivity contribution >= 4 is 11.8 Å². The van der Waals surface area contributed by atoms with E-state index in [0.29, 0.717) is 18.7 Å². The Morgan fingerprint density at radius 2 is 1.90 bits per heavy atom. The van der Waals surface area contributed by atoms with Gasteiger partial charge in [-0.1, -0.05) is 0 Å². The summed E-state index contributed by atoms with van der Waals surface area (Å²) in [6.07, 6.45) is -4.79. The molecule has 0 aliphatic carbocycles. The Morgan fingerprint density at radius 1 is 1.25 bits per heavy atom. The Balaban J connectivity index is 2.77. The van der Waals surface area contributed by atoms with Crippen molar-refractivity contribution in [2.45, 2.75) is 13.1 Å². The number of pyridine rings is 1. The van der Waals surface area contributed by atoms with Gasteiger partial charge in [0.05, 0.1) is 12.1 Å². The minimum absolute atomic E-state index is 0.352. The van der Waals surface area contributed by atoms with Gasteiger partial charge in [-0.2, -0.15) is 17.6 Å². The van der Waals surface area contributed by atoms with Gasteiger partial charge in [-0.25, -0.2) is 4.98 Å². The van der Waals surface area contributed by atoms with E-state index >= 15 is 0 Å². The highest BCUT2D eigenvalue weighted by atomic mass is 19.4. The summed E-state index contributed by atoms with van der Waals surface area (Å²) in [6.45, 7) is 1.61. The van der Waals surface area contributed by atoms with Gasteiger partial charge in [-0.15, -0.1) is 0 Å². The first-order valence-corrected chi connectivity index (χ1v) is 5.54. The van der Waals surface area contributed by atoms with Crippen LogP contribution in [0.15, 0.2) is 12.1 Å². The highest BCUT2D eigenvalue weighted by Gasteiger charge is 2.33. The number of nitrogens with one attached hydrogen (secondary N) is 2.